The van der Waals surface area contributed by atoms with E-state index in [9.17, 15) is 4.79 Å². The zero-order chi connectivity index (χ0) is 11.7. The number of hydrogen-bond acceptors (Lipinski definition) is 2. The number of nitrogens with zero attached hydrogens (tertiary/aromatic N) is 2. The second-order valence-electron chi connectivity index (χ2n) is 4.00. The van der Waals surface area contributed by atoms with Gasteiger partial charge in [-0.25, -0.2) is 4.68 Å². The zero-order valence-electron chi connectivity index (χ0n) is 9.69. The Morgan fingerprint density at radius 1 is 1.19 bits per heavy atom. The van der Waals surface area contributed by atoms with Crippen LogP contribution in [-0.2, 0) is 0 Å². The van der Waals surface area contributed by atoms with E-state index in [4.69, 9.17) is 0 Å². The Morgan fingerprint density at radius 2 is 1.94 bits per heavy atom. The number of rotatable bonds is 2. The van der Waals surface area contributed by atoms with Gasteiger partial charge in [0.05, 0.1) is 16.9 Å². The van der Waals surface area contributed by atoms with Gasteiger partial charge in [-0.3, -0.25) is 4.79 Å². The molecule has 1 aromatic carbocycles. The lowest BCUT2D eigenvalue weighted by Crippen LogP contribution is -1.96. The smallest absolute Gasteiger partial charge is 0.153 e. The van der Waals surface area contributed by atoms with Crippen LogP contribution in [0.1, 0.15) is 27.2 Å². The van der Waals surface area contributed by atoms with E-state index in [0.717, 1.165) is 17.7 Å². The lowest BCUT2D eigenvalue weighted by Gasteiger charge is -2.04. The summed E-state index contributed by atoms with van der Waals surface area (Å²) in [7, 11) is 0. The van der Waals surface area contributed by atoms with Gasteiger partial charge in [-0.1, -0.05) is 6.07 Å². The van der Waals surface area contributed by atoms with Crippen molar-refractivity contribution in [1.82, 2.24) is 9.78 Å². The molecule has 0 aliphatic heterocycles. The number of hydrogen-bond donors (Lipinski definition) is 0. The molecular formula is C13H14N2O. The van der Waals surface area contributed by atoms with Crippen LogP contribution in [0.15, 0.2) is 24.4 Å². The van der Waals surface area contributed by atoms with Gasteiger partial charge in [-0.2, -0.15) is 5.10 Å². The molecule has 0 aliphatic carbocycles. The number of benzene rings is 1. The van der Waals surface area contributed by atoms with E-state index in [0.29, 0.717) is 5.56 Å². The molecule has 0 bridgehead atoms. The van der Waals surface area contributed by atoms with E-state index in [2.05, 4.69) is 31.1 Å². The fourth-order valence-electron chi connectivity index (χ4n) is 1.59. The molecule has 0 radical (unpaired) electrons. The van der Waals surface area contributed by atoms with Crippen molar-refractivity contribution in [2.24, 2.45) is 0 Å². The van der Waals surface area contributed by atoms with Crippen molar-refractivity contribution < 1.29 is 4.79 Å². The van der Waals surface area contributed by atoms with Crippen LogP contribution in [0.4, 0.5) is 0 Å². The van der Waals surface area contributed by atoms with Crippen LogP contribution >= 0.6 is 0 Å². The van der Waals surface area contributed by atoms with E-state index >= 15 is 0 Å². The Hall–Kier alpha value is -1.90. The third-order valence-electron chi connectivity index (χ3n) is 2.82. The summed E-state index contributed by atoms with van der Waals surface area (Å²) in [6.07, 6.45) is 2.59. The lowest BCUT2D eigenvalue weighted by atomic mass is 10.1. The summed E-state index contributed by atoms with van der Waals surface area (Å²) in [4.78, 5) is 10.7. The number of carbonyl (C=O) groups excluding carboxylic acids is 1. The second-order valence-corrected chi connectivity index (χ2v) is 4.00. The maximum atomic E-state index is 10.7. The predicted octanol–water partition coefficient (Wildman–Crippen LogP) is 2.61. The normalized spacial score (nSPS) is 10.4. The Morgan fingerprint density at radius 3 is 2.50 bits per heavy atom. The molecule has 0 aliphatic rings. The monoisotopic (exact) mass is 214 g/mol. The first-order valence-corrected chi connectivity index (χ1v) is 5.21. The summed E-state index contributed by atoms with van der Waals surface area (Å²) in [5, 5.41) is 4.31. The van der Waals surface area contributed by atoms with E-state index in [1.807, 2.05) is 13.0 Å². The molecular weight excluding hydrogens is 200 g/mol. The van der Waals surface area contributed by atoms with Gasteiger partial charge in [0.2, 0.25) is 0 Å². The summed E-state index contributed by atoms with van der Waals surface area (Å²) in [6, 6.07) is 6.13. The number of aryl methyl sites for hydroxylation is 3. The molecule has 0 unspecified atom stereocenters. The van der Waals surface area contributed by atoms with Crippen molar-refractivity contribution in [3.05, 3.63) is 46.8 Å². The quantitative estimate of drug-likeness (QED) is 0.720. The Bertz CT molecular complexity index is 541. The van der Waals surface area contributed by atoms with E-state index < -0.39 is 0 Å². The van der Waals surface area contributed by atoms with Gasteiger partial charge in [-0.05, 0) is 44.0 Å². The third-order valence-corrected chi connectivity index (χ3v) is 2.82. The standard InChI is InChI=1S/C13H14N2O/c1-9-4-5-13(6-10(9)2)15-7-12(8-16)11(3)14-15/h4-8H,1-3H3. The van der Waals surface area contributed by atoms with Gasteiger partial charge < -0.3 is 0 Å². The average molecular weight is 214 g/mol. The van der Waals surface area contributed by atoms with Crippen LogP contribution in [0.3, 0.4) is 0 Å². The number of aromatic nitrogens is 2. The van der Waals surface area contributed by atoms with E-state index in [1.165, 1.54) is 11.1 Å². The molecule has 0 spiro atoms. The number of aldehydes is 1. The van der Waals surface area contributed by atoms with Crippen LogP contribution in [0, 0.1) is 20.8 Å². The minimum Gasteiger partial charge on any atom is -0.298 e. The molecule has 3 nitrogen and oxygen atoms in total. The molecule has 1 aromatic heterocycles. The molecule has 2 rings (SSSR count). The summed E-state index contributed by atoms with van der Waals surface area (Å²) in [6.45, 7) is 5.97. The van der Waals surface area contributed by atoms with Crippen molar-refractivity contribution >= 4 is 6.29 Å². The van der Waals surface area contributed by atoms with Gasteiger partial charge in [0.25, 0.3) is 0 Å². The van der Waals surface area contributed by atoms with Crippen LogP contribution in [0.25, 0.3) is 5.69 Å². The van der Waals surface area contributed by atoms with Crippen molar-refractivity contribution in [3.63, 3.8) is 0 Å². The maximum absolute atomic E-state index is 10.7. The molecule has 3 heteroatoms. The molecule has 0 atom stereocenters. The van der Waals surface area contributed by atoms with Crippen molar-refractivity contribution in [3.8, 4) is 5.69 Å². The number of carbonyl (C=O) groups is 1. The fourth-order valence-corrected chi connectivity index (χ4v) is 1.59. The van der Waals surface area contributed by atoms with E-state index in [1.54, 1.807) is 10.9 Å². The lowest BCUT2D eigenvalue weighted by molar-refractivity contribution is 0.112. The molecule has 0 amide bonds. The Kier molecular flexibility index (Phi) is 2.60. The highest BCUT2D eigenvalue weighted by atomic mass is 16.1. The Balaban J connectivity index is 2.50. The fraction of sp³-hybridized carbons (Fsp3) is 0.231. The summed E-state index contributed by atoms with van der Waals surface area (Å²) in [5.74, 6) is 0. The van der Waals surface area contributed by atoms with Gasteiger partial charge in [0, 0.05) is 6.20 Å². The SMILES string of the molecule is Cc1ccc(-n2cc(C=O)c(C)n2)cc1C. The van der Waals surface area contributed by atoms with Crippen molar-refractivity contribution in [1.29, 1.82) is 0 Å². The first-order valence-electron chi connectivity index (χ1n) is 5.21. The largest absolute Gasteiger partial charge is 0.298 e. The molecule has 0 N–H and O–H groups in total. The Labute approximate surface area is 94.7 Å². The highest BCUT2D eigenvalue weighted by molar-refractivity contribution is 5.76. The van der Waals surface area contributed by atoms with Crippen molar-refractivity contribution in [2.45, 2.75) is 20.8 Å². The third kappa shape index (κ3) is 1.76. The average Bonchev–Trinajstić information content (AvgIpc) is 2.64. The molecule has 2 aromatic rings. The highest BCUT2D eigenvalue weighted by Gasteiger charge is 2.05. The van der Waals surface area contributed by atoms with E-state index in [-0.39, 0.29) is 0 Å². The molecule has 0 fully saturated rings. The van der Waals surface area contributed by atoms with Gasteiger partial charge in [0.15, 0.2) is 6.29 Å². The van der Waals surface area contributed by atoms with Gasteiger partial charge in [-0.15, -0.1) is 0 Å². The van der Waals surface area contributed by atoms with Crippen molar-refractivity contribution in [2.75, 3.05) is 0 Å². The first-order chi connectivity index (χ1) is 7.61. The first kappa shape index (κ1) is 10.6. The summed E-state index contributed by atoms with van der Waals surface area (Å²) >= 11 is 0. The maximum Gasteiger partial charge on any atom is 0.153 e. The topological polar surface area (TPSA) is 34.9 Å². The highest BCUT2D eigenvalue weighted by Crippen LogP contribution is 2.14. The minimum absolute atomic E-state index is 0.637. The van der Waals surface area contributed by atoms with Gasteiger partial charge >= 0.3 is 0 Å². The molecule has 1 heterocycles. The summed E-state index contributed by atoms with van der Waals surface area (Å²) < 4.78 is 1.74. The van der Waals surface area contributed by atoms with Crippen LogP contribution < -0.4 is 0 Å². The predicted molar refractivity (Wildman–Crippen MR) is 63.2 cm³/mol. The van der Waals surface area contributed by atoms with Crippen LogP contribution in [0.2, 0.25) is 0 Å². The molecule has 16 heavy (non-hydrogen) atoms. The second kappa shape index (κ2) is 3.93. The summed E-state index contributed by atoms with van der Waals surface area (Å²) in [5.41, 5.74) is 4.85. The molecule has 82 valence electrons. The van der Waals surface area contributed by atoms with Crippen LogP contribution in [0.5, 0.6) is 0 Å². The zero-order valence-corrected chi connectivity index (χ0v) is 9.69. The molecule has 0 saturated carbocycles. The molecule has 0 saturated heterocycles. The minimum atomic E-state index is 0.637. The van der Waals surface area contributed by atoms with Crippen LogP contribution in [-0.4, -0.2) is 16.1 Å². The van der Waals surface area contributed by atoms with Gasteiger partial charge in [0.1, 0.15) is 0 Å².